The number of nitrogen functional groups attached to an aromatic ring is 1. The molecule has 0 atom stereocenters. The summed E-state index contributed by atoms with van der Waals surface area (Å²) in [6.07, 6.45) is 4.42. The maximum atomic E-state index is 13.5. The summed E-state index contributed by atoms with van der Waals surface area (Å²) >= 11 is 0. The Bertz CT molecular complexity index is 545. The molecule has 4 nitrogen and oxygen atoms in total. The molecular weight excluding hydrogens is 267 g/mol. The van der Waals surface area contributed by atoms with Gasteiger partial charge in [-0.15, -0.1) is 0 Å². The molecule has 0 spiro atoms. The molecule has 106 valence electrons. The van der Waals surface area contributed by atoms with E-state index in [1.807, 2.05) is 0 Å². The molecule has 0 aromatic heterocycles. The second-order valence-corrected chi connectivity index (χ2v) is 6.87. The minimum absolute atomic E-state index is 0.110. The Labute approximate surface area is 113 Å². The van der Waals surface area contributed by atoms with Crippen molar-refractivity contribution in [1.82, 2.24) is 4.72 Å². The van der Waals surface area contributed by atoms with Crippen molar-refractivity contribution in [3.63, 3.8) is 0 Å². The molecule has 0 bridgehead atoms. The lowest BCUT2D eigenvalue weighted by molar-refractivity contribution is 0.297. The normalized spacial score (nSPS) is 16.3. The third-order valence-electron chi connectivity index (χ3n) is 3.74. The Hall–Kier alpha value is -1.14. The summed E-state index contributed by atoms with van der Waals surface area (Å²) in [7, 11) is -3.67. The van der Waals surface area contributed by atoms with E-state index in [0.29, 0.717) is 12.5 Å². The summed E-state index contributed by atoms with van der Waals surface area (Å²) in [6.45, 7) is 1.91. The van der Waals surface area contributed by atoms with Gasteiger partial charge in [0.25, 0.3) is 0 Å². The van der Waals surface area contributed by atoms with Gasteiger partial charge in [0, 0.05) is 17.8 Å². The van der Waals surface area contributed by atoms with Crippen LogP contribution in [0.4, 0.5) is 10.1 Å². The first-order valence-electron chi connectivity index (χ1n) is 6.45. The lowest BCUT2D eigenvalue weighted by Crippen LogP contribution is -2.27. The number of anilines is 1. The SMILES string of the molecule is Cc1c(N)cc(S(=O)(=O)NCCC2CCC2)cc1F. The average Bonchev–Trinajstić information content (AvgIpc) is 2.28. The molecule has 0 radical (unpaired) electrons. The molecule has 6 heteroatoms. The number of hydrogen-bond acceptors (Lipinski definition) is 3. The van der Waals surface area contributed by atoms with E-state index in [0.717, 1.165) is 12.5 Å². The van der Waals surface area contributed by atoms with Crippen molar-refractivity contribution >= 4 is 15.7 Å². The monoisotopic (exact) mass is 286 g/mol. The number of nitrogens with two attached hydrogens (primary N) is 1. The molecule has 0 amide bonds. The lowest BCUT2D eigenvalue weighted by Gasteiger charge is -2.25. The Balaban J connectivity index is 2.05. The fourth-order valence-electron chi connectivity index (χ4n) is 2.09. The molecule has 0 aliphatic heterocycles. The van der Waals surface area contributed by atoms with Crippen molar-refractivity contribution in [3.05, 3.63) is 23.5 Å². The zero-order chi connectivity index (χ0) is 14.0. The van der Waals surface area contributed by atoms with Gasteiger partial charge in [0.2, 0.25) is 10.0 Å². The molecule has 0 saturated heterocycles. The van der Waals surface area contributed by atoms with Gasteiger partial charge >= 0.3 is 0 Å². The first-order chi connectivity index (χ1) is 8.90. The van der Waals surface area contributed by atoms with E-state index in [4.69, 9.17) is 5.73 Å². The maximum absolute atomic E-state index is 13.5. The number of sulfonamides is 1. The molecule has 1 aromatic rings. The van der Waals surface area contributed by atoms with Crippen molar-refractivity contribution < 1.29 is 12.8 Å². The van der Waals surface area contributed by atoms with Crippen LogP contribution in [0.1, 0.15) is 31.2 Å². The highest BCUT2D eigenvalue weighted by atomic mass is 32.2. The molecule has 3 N–H and O–H groups in total. The topological polar surface area (TPSA) is 72.2 Å². The second-order valence-electron chi connectivity index (χ2n) is 5.10. The van der Waals surface area contributed by atoms with Crippen LogP contribution in [0.3, 0.4) is 0 Å². The van der Waals surface area contributed by atoms with E-state index in [9.17, 15) is 12.8 Å². The van der Waals surface area contributed by atoms with E-state index in [1.165, 1.54) is 32.3 Å². The molecule has 1 aliphatic rings. The van der Waals surface area contributed by atoms with E-state index < -0.39 is 15.8 Å². The average molecular weight is 286 g/mol. The molecule has 1 fully saturated rings. The van der Waals surface area contributed by atoms with Crippen LogP contribution in [-0.4, -0.2) is 15.0 Å². The third-order valence-corrected chi connectivity index (χ3v) is 5.18. The van der Waals surface area contributed by atoms with Crippen molar-refractivity contribution in [2.45, 2.75) is 37.5 Å². The predicted octanol–water partition coefficient (Wildman–Crippen LogP) is 2.18. The summed E-state index contributed by atoms with van der Waals surface area (Å²) in [5.41, 5.74) is 6.02. The van der Waals surface area contributed by atoms with Crippen LogP contribution in [0.25, 0.3) is 0 Å². The van der Waals surface area contributed by atoms with Crippen molar-refractivity contribution in [2.24, 2.45) is 5.92 Å². The van der Waals surface area contributed by atoms with Crippen LogP contribution < -0.4 is 10.5 Å². The number of hydrogen-bond donors (Lipinski definition) is 2. The van der Waals surface area contributed by atoms with Gasteiger partial charge in [0.15, 0.2) is 0 Å². The molecule has 1 aliphatic carbocycles. The molecule has 2 rings (SSSR count). The molecule has 1 aromatic carbocycles. The number of halogens is 1. The van der Waals surface area contributed by atoms with E-state index >= 15 is 0 Å². The van der Waals surface area contributed by atoms with Gasteiger partial charge in [-0.2, -0.15) is 0 Å². The van der Waals surface area contributed by atoms with E-state index in [2.05, 4.69) is 4.72 Å². The van der Waals surface area contributed by atoms with Gasteiger partial charge in [0.1, 0.15) is 5.82 Å². The lowest BCUT2D eigenvalue weighted by atomic mass is 9.83. The van der Waals surface area contributed by atoms with Gasteiger partial charge in [-0.25, -0.2) is 17.5 Å². The largest absolute Gasteiger partial charge is 0.398 e. The molecule has 0 heterocycles. The zero-order valence-electron chi connectivity index (χ0n) is 10.9. The molecular formula is C13H19FN2O2S. The summed E-state index contributed by atoms with van der Waals surface area (Å²) in [6, 6.07) is 2.31. The second kappa shape index (κ2) is 5.46. The minimum Gasteiger partial charge on any atom is -0.398 e. The fourth-order valence-corrected chi connectivity index (χ4v) is 3.19. The van der Waals surface area contributed by atoms with Gasteiger partial charge in [-0.1, -0.05) is 19.3 Å². The van der Waals surface area contributed by atoms with E-state index in [-0.39, 0.29) is 16.1 Å². The first kappa shape index (κ1) is 14.3. The Morgan fingerprint density at radius 1 is 1.42 bits per heavy atom. The number of nitrogens with one attached hydrogen (secondary N) is 1. The number of benzene rings is 1. The maximum Gasteiger partial charge on any atom is 0.240 e. The van der Waals surface area contributed by atoms with Crippen LogP contribution in [-0.2, 0) is 10.0 Å². The van der Waals surface area contributed by atoms with Crippen molar-refractivity contribution in [2.75, 3.05) is 12.3 Å². The van der Waals surface area contributed by atoms with Crippen LogP contribution in [0.2, 0.25) is 0 Å². The van der Waals surface area contributed by atoms with Crippen molar-refractivity contribution in [3.8, 4) is 0 Å². The van der Waals surface area contributed by atoms with Crippen LogP contribution in [0.5, 0.6) is 0 Å². The predicted molar refractivity (Wildman–Crippen MR) is 72.7 cm³/mol. The third kappa shape index (κ3) is 3.25. The highest BCUT2D eigenvalue weighted by molar-refractivity contribution is 7.89. The Morgan fingerprint density at radius 3 is 2.63 bits per heavy atom. The summed E-state index contributed by atoms with van der Waals surface area (Å²) in [5, 5.41) is 0. The molecule has 1 saturated carbocycles. The highest BCUT2D eigenvalue weighted by Crippen LogP contribution is 2.29. The zero-order valence-corrected chi connectivity index (χ0v) is 11.8. The van der Waals surface area contributed by atoms with Gasteiger partial charge in [0.05, 0.1) is 4.90 Å². The van der Waals surface area contributed by atoms with Crippen molar-refractivity contribution in [1.29, 1.82) is 0 Å². The van der Waals surface area contributed by atoms with Crippen LogP contribution >= 0.6 is 0 Å². The highest BCUT2D eigenvalue weighted by Gasteiger charge is 2.20. The van der Waals surface area contributed by atoms with Gasteiger partial charge in [-0.05, 0) is 31.4 Å². The number of rotatable bonds is 5. The quantitative estimate of drug-likeness (QED) is 0.815. The van der Waals surface area contributed by atoms with Gasteiger partial charge < -0.3 is 5.73 Å². The smallest absolute Gasteiger partial charge is 0.240 e. The van der Waals surface area contributed by atoms with Gasteiger partial charge in [-0.3, -0.25) is 0 Å². The summed E-state index contributed by atoms with van der Waals surface area (Å²) in [5.74, 6) is 0.0295. The Morgan fingerprint density at radius 2 is 2.11 bits per heavy atom. The summed E-state index contributed by atoms with van der Waals surface area (Å²) in [4.78, 5) is -0.110. The first-order valence-corrected chi connectivity index (χ1v) is 7.94. The van der Waals surface area contributed by atoms with E-state index in [1.54, 1.807) is 0 Å². The minimum atomic E-state index is -3.67. The molecule has 0 unspecified atom stereocenters. The summed E-state index contributed by atoms with van der Waals surface area (Å²) < 4.78 is 40.0. The molecule has 19 heavy (non-hydrogen) atoms. The van der Waals surface area contributed by atoms with Crippen LogP contribution in [0, 0.1) is 18.7 Å². The standard InChI is InChI=1S/C13H19FN2O2S/c1-9-12(14)7-11(8-13(9)15)19(17,18)16-6-5-10-3-2-4-10/h7-8,10,16H,2-6,15H2,1H3. The van der Waals surface area contributed by atoms with Crippen LogP contribution in [0.15, 0.2) is 17.0 Å². The fraction of sp³-hybridized carbons (Fsp3) is 0.538. The Kier molecular flexibility index (Phi) is 4.10.